The summed E-state index contributed by atoms with van der Waals surface area (Å²) in [6, 6.07) is -1.98. The van der Waals surface area contributed by atoms with Crippen molar-refractivity contribution in [1.29, 1.82) is 5.41 Å². The molecule has 5 nitrogen and oxygen atoms in total. The molecule has 10 heteroatoms. The molecule has 3 aliphatic rings. The normalized spacial score (nSPS) is 37.5. The highest BCUT2D eigenvalue weighted by atomic mass is 19.4. The Labute approximate surface area is 222 Å². The van der Waals surface area contributed by atoms with E-state index in [9.17, 15) is 26.7 Å². The molecule has 1 amide bonds. The van der Waals surface area contributed by atoms with E-state index in [1.54, 1.807) is 24.7 Å². The molecule has 0 spiro atoms. The van der Waals surface area contributed by atoms with Crippen molar-refractivity contribution in [3.05, 3.63) is 18.0 Å². The molecule has 1 heterocycles. The number of hydrogen-bond acceptors (Lipinski definition) is 2. The van der Waals surface area contributed by atoms with E-state index in [1.807, 2.05) is 17.7 Å². The van der Waals surface area contributed by atoms with Crippen LogP contribution in [0.25, 0.3) is 0 Å². The molecule has 3 saturated carbocycles. The van der Waals surface area contributed by atoms with E-state index in [-0.39, 0.29) is 42.9 Å². The van der Waals surface area contributed by atoms with Gasteiger partial charge in [0.15, 0.2) is 0 Å². The lowest BCUT2D eigenvalue weighted by atomic mass is 9.63. The van der Waals surface area contributed by atoms with Crippen LogP contribution in [0.2, 0.25) is 0 Å². The van der Waals surface area contributed by atoms with Crippen molar-refractivity contribution in [2.24, 2.45) is 48.5 Å². The molecule has 9 unspecified atom stereocenters. The molecule has 0 saturated heterocycles. The lowest BCUT2D eigenvalue weighted by Gasteiger charge is -2.43. The van der Waals surface area contributed by atoms with Crippen LogP contribution in [0.1, 0.15) is 71.6 Å². The third-order valence-corrected chi connectivity index (χ3v) is 9.75. The lowest BCUT2D eigenvalue weighted by molar-refractivity contribution is -0.178. The number of alkyl halides is 5. The molecule has 3 fully saturated rings. The van der Waals surface area contributed by atoms with Crippen molar-refractivity contribution in [3.8, 4) is 0 Å². The summed E-state index contributed by atoms with van der Waals surface area (Å²) in [6.45, 7) is 4.20. The third-order valence-electron chi connectivity index (χ3n) is 9.75. The second kappa shape index (κ2) is 11.7. The third kappa shape index (κ3) is 6.64. The summed E-state index contributed by atoms with van der Waals surface area (Å²) in [6.07, 6.45) is 0.841. The Morgan fingerprint density at radius 3 is 2.37 bits per heavy atom. The van der Waals surface area contributed by atoms with Crippen LogP contribution in [-0.2, 0) is 18.4 Å². The first-order valence-electron chi connectivity index (χ1n) is 14.2. The molecule has 1 aromatic heterocycles. The number of rotatable bonds is 6. The van der Waals surface area contributed by atoms with E-state index in [0.717, 1.165) is 12.8 Å². The van der Waals surface area contributed by atoms with Crippen molar-refractivity contribution >= 4 is 5.91 Å². The number of aryl methyl sites for hydroxylation is 1. The van der Waals surface area contributed by atoms with Crippen LogP contribution in [0.3, 0.4) is 0 Å². The monoisotopic (exact) mass is 546 g/mol. The van der Waals surface area contributed by atoms with E-state index in [4.69, 9.17) is 5.41 Å². The second-order valence-electron chi connectivity index (χ2n) is 12.6. The first-order valence-corrected chi connectivity index (χ1v) is 14.2. The highest BCUT2D eigenvalue weighted by Crippen LogP contribution is 2.46. The number of imidazole rings is 1. The number of nitrogens with zero attached hydrogens (tertiary/aromatic N) is 2. The summed E-state index contributed by atoms with van der Waals surface area (Å²) in [7, 11) is 1.78. The highest BCUT2D eigenvalue weighted by molar-refractivity contribution is 5.79. The summed E-state index contributed by atoms with van der Waals surface area (Å²) >= 11 is 0. The molecule has 0 aliphatic heterocycles. The first kappa shape index (κ1) is 29.1. The van der Waals surface area contributed by atoms with Gasteiger partial charge in [-0.05, 0) is 93.3 Å². The summed E-state index contributed by atoms with van der Waals surface area (Å²) in [5.74, 6) is -1.91. The summed E-state index contributed by atoms with van der Waals surface area (Å²) in [4.78, 5) is 13.5. The Morgan fingerprint density at radius 1 is 1.03 bits per heavy atom. The van der Waals surface area contributed by atoms with Gasteiger partial charge in [0.2, 0.25) is 11.5 Å². The van der Waals surface area contributed by atoms with Crippen molar-refractivity contribution in [2.45, 2.75) is 103 Å². The predicted octanol–water partition coefficient (Wildman–Crippen LogP) is 5.93. The molecule has 1 aromatic rings. The number of amides is 1. The minimum absolute atomic E-state index is 0.0302. The maximum atomic E-state index is 14.2. The minimum Gasteiger partial charge on any atom is -0.344 e. The first-order chi connectivity index (χ1) is 17.8. The molecule has 2 N–H and O–H groups in total. The number of carbonyl (C=O) groups excluding carboxylic acids is 1. The fourth-order valence-corrected chi connectivity index (χ4v) is 7.64. The number of hydrogen-bond donors (Lipinski definition) is 2. The van der Waals surface area contributed by atoms with E-state index in [1.165, 1.54) is 0 Å². The molecule has 4 rings (SSSR count). The molecular weight excluding hydrogens is 503 g/mol. The molecule has 38 heavy (non-hydrogen) atoms. The average Bonchev–Trinajstić information content (AvgIpc) is 3.15. The molecule has 0 bridgehead atoms. The average molecular weight is 547 g/mol. The van der Waals surface area contributed by atoms with Gasteiger partial charge < -0.3 is 14.5 Å². The second-order valence-corrected chi connectivity index (χ2v) is 12.6. The Bertz CT molecular complexity index is 1010. The fourth-order valence-electron chi connectivity index (χ4n) is 7.64. The SMILES string of the molecule is CC1CC([C@H](NC(=O)C2CC(Cn3ccn(C)c3=N)CC(C3CCC(F)CC3C)C2)C(F)(F)F)CCC1F. The summed E-state index contributed by atoms with van der Waals surface area (Å²) in [5.41, 5.74) is 0.328. The van der Waals surface area contributed by atoms with Crippen molar-refractivity contribution in [1.82, 2.24) is 14.5 Å². The zero-order valence-electron chi connectivity index (χ0n) is 22.7. The van der Waals surface area contributed by atoms with Crippen LogP contribution in [0, 0.1) is 46.8 Å². The Balaban J connectivity index is 1.52. The van der Waals surface area contributed by atoms with Gasteiger partial charge >= 0.3 is 6.18 Å². The van der Waals surface area contributed by atoms with Gasteiger partial charge in [0.05, 0.1) is 0 Å². The molecule has 0 aromatic carbocycles. The van der Waals surface area contributed by atoms with Crippen molar-refractivity contribution in [2.75, 3.05) is 0 Å². The van der Waals surface area contributed by atoms with Gasteiger partial charge in [-0.1, -0.05) is 13.8 Å². The largest absolute Gasteiger partial charge is 0.408 e. The van der Waals surface area contributed by atoms with E-state index >= 15 is 0 Å². The Kier molecular flexibility index (Phi) is 8.97. The zero-order valence-corrected chi connectivity index (χ0v) is 22.7. The van der Waals surface area contributed by atoms with Gasteiger partial charge in [0, 0.05) is 31.9 Å². The van der Waals surface area contributed by atoms with Gasteiger partial charge in [0.1, 0.15) is 18.4 Å². The summed E-state index contributed by atoms with van der Waals surface area (Å²) < 4.78 is 74.0. The highest BCUT2D eigenvalue weighted by Gasteiger charge is 2.49. The molecule has 3 aliphatic carbocycles. The Morgan fingerprint density at radius 2 is 1.76 bits per heavy atom. The number of nitrogens with one attached hydrogen (secondary N) is 2. The number of halogens is 5. The zero-order chi connectivity index (χ0) is 27.8. The maximum Gasteiger partial charge on any atom is 0.408 e. The fraction of sp³-hybridized carbons (Fsp3) is 0.857. The van der Waals surface area contributed by atoms with E-state index < -0.39 is 48.2 Å². The van der Waals surface area contributed by atoms with Crippen LogP contribution in [0.5, 0.6) is 0 Å². The van der Waals surface area contributed by atoms with E-state index in [2.05, 4.69) is 5.32 Å². The molecule has 10 atom stereocenters. The van der Waals surface area contributed by atoms with Crippen molar-refractivity contribution in [3.63, 3.8) is 0 Å². The van der Waals surface area contributed by atoms with Gasteiger partial charge in [-0.2, -0.15) is 13.2 Å². The standard InChI is InChI=1S/C28H43F5N4O/c1-16-11-22(29)5-6-23(16)20-12-18(15-37-9-8-36(3)27(37)34)13-21(14-20)26(38)35-25(28(31,32)33)19-4-7-24(30)17(2)10-19/h8-9,16-25,34H,4-7,10-15H2,1-3H3,(H,35,38)/t16?,17?,18?,19?,20?,21?,22?,23?,24?,25-/m0/s1. The topological polar surface area (TPSA) is 62.8 Å². The van der Waals surface area contributed by atoms with Crippen molar-refractivity contribution < 1.29 is 26.7 Å². The molecule has 0 radical (unpaired) electrons. The summed E-state index contributed by atoms with van der Waals surface area (Å²) in [5, 5.41) is 10.7. The predicted molar refractivity (Wildman–Crippen MR) is 134 cm³/mol. The lowest BCUT2D eigenvalue weighted by Crippen LogP contribution is -2.54. The quantitative estimate of drug-likeness (QED) is 0.427. The van der Waals surface area contributed by atoms with Gasteiger partial charge in [-0.15, -0.1) is 0 Å². The van der Waals surface area contributed by atoms with Gasteiger partial charge in [-0.3, -0.25) is 10.2 Å². The van der Waals surface area contributed by atoms with Crippen LogP contribution in [0.15, 0.2) is 12.4 Å². The van der Waals surface area contributed by atoms with Gasteiger partial charge in [-0.25, -0.2) is 8.78 Å². The number of aromatic nitrogens is 2. The van der Waals surface area contributed by atoms with E-state index in [0.29, 0.717) is 37.8 Å². The van der Waals surface area contributed by atoms with Crippen LogP contribution in [0.4, 0.5) is 22.0 Å². The van der Waals surface area contributed by atoms with Gasteiger partial charge in [0.25, 0.3) is 0 Å². The minimum atomic E-state index is -4.61. The van der Waals surface area contributed by atoms with Crippen LogP contribution in [-0.4, -0.2) is 39.6 Å². The number of carbonyl (C=O) groups is 1. The van der Waals surface area contributed by atoms with Crippen LogP contribution >= 0.6 is 0 Å². The molecule has 216 valence electrons. The maximum absolute atomic E-state index is 14.2. The Hall–Kier alpha value is -1.87. The van der Waals surface area contributed by atoms with Crippen LogP contribution < -0.4 is 10.9 Å². The molecular formula is C28H43F5N4O. The smallest absolute Gasteiger partial charge is 0.344 e.